The quantitative estimate of drug-likeness (QED) is 0.634. The standard InChI is InChI=1S/C19H17ClN4OS/c20-14-8-10-15(11-9-14)21-17(25)12-26-19-23-22-18(13-6-7-13)24(19)16-4-2-1-3-5-16/h1-5,8-11,13H,6-7,12H2,(H,21,25). The summed E-state index contributed by atoms with van der Waals surface area (Å²) in [4.78, 5) is 12.2. The van der Waals surface area contributed by atoms with E-state index in [1.807, 2.05) is 30.3 Å². The molecule has 5 nitrogen and oxygen atoms in total. The average molecular weight is 385 g/mol. The molecule has 1 N–H and O–H groups in total. The molecule has 1 aliphatic carbocycles. The first-order valence-corrected chi connectivity index (χ1v) is 9.76. The van der Waals surface area contributed by atoms with E-state index in [9.17, 15) is 4.79 Å². The Labute approximate surface area is 160 Å². The number of hydrogen-bond donors (Lipinski definition) is 1. The fraction of sp³-hybridized carbons (Fsp3) is 0.211. The highest BCUT2D eigenvalue weighted by Gasteiger charge is 2.31. The molecule has 1 aromatic heterocycles. The highest BCUT2D eigenvalue weighted by molar-refractivity contribution is 7.99. The SMILES string of the molecule is O=C(CSc1nnc(C2CC2)n1-c1ccccc1)Nc1ccc(Cl)cc1. The van der Waals surface area contributed by atoms with Crippen LogP contribution in [-0.4, -0.2) is 26.4 Å². The molecule has 26 heavy (non-hydrogen) atoms. The van der Waals surface area contributed by atoms with Gasteiger partial charge in [-0.1, -0.05) is 41.6 Å². The van der Waals surface area contributed by atoms with Gasteiger partial charge in [0.2, 0.25) is 5.91 Å². The minimum atomic E-state index is -0.0899. The van der Waals surface area contributed by atoms with Gasteiger partial charge in [-0.25, -0.2) is 0 Å². The second-order valence-electron chi connectivity index (χ2n) is 6.13. The van der Waals surface area contributed by atoms with Crippen molar-refractivity contribution in [3.63, 3.8) is 0 Å². The second-order valence-corrected chi connectivity index (χ2v) is 7.51. The molecule has 1 heterocycles. The first-order valence-electron chi connectivity index (χ1n) is 8.39. The smallest absolute Gasteiger partial charge is 0.234 e. The van der Waals surface area contributed by atoms with Crippen molar-refractivity contribution in [3.8, 4) is 5.69 Å². The fourth-order valence-electron chi connectivity index (χ4n) is 2.66. The topological polar surface area (TPSA) is 59.8 Å². The van der Waals surface area contributed by atoms with Gasteiger partial charge in [0, 0.05) is 22.3 Å². The van der Waals surface area contributed by atoms with Crippen molar-refractivity contribution in [1.82, 2.24) is 14.8 Å². The summed E-state index contributed by atoms with van der Waals surface area (Å²) >= 11 is 7.25. The molecule has 7 heteroatoms. The molecular formula is C19H17ClN4OS. The third-order valence-electron chi connectivity index (χ3n) is 4.08. The number of nitrogens with one attached hydrogen (secondary N) is 1. The van der Waals surface area contributed by atoms with E-state index in [0.717, 1.165) is 35.2 Å². The molecule has 4 rings (SSSR count). The summed E-state index contributed by atoms with van der Waals surface area (Å²) in [5.74, 6) is 1.63. The van der Waals surface area contributed by atoms with E-state index in [-0.39, 0.29) is 11.7 Å². The van der Waals surface area contributed by atoms with E-state index >= 15 is 0 Å². The van der Waals surface area contributed by atoms with Gasteiger partial charge in [0.1, 0.15) is 5.82 Å². The van der Waals surface area contributed by atoms with Crippen LogP contribution in [0.2, 0.25) is 5.02 Å². The molecule has 0 radical (unpaired) electrons. The van der Waals surface area contributed by atoms with Crippen molar-refractivity contribution < 1.29 is 4.79 Å². The zero-order valence-electron chi connectivity index (χ0n) is 13.9. The molecule has 132 valence electrons. The Morgan fingerprint density at radius 3 is 2.54 bits per heavy atom. The molecule has 3 aromatic rings. The van der Waals surface area contributed by atoms with Gasteiger partial charge in [-0.15, -0.1) is 10.2 Å². The maximum atomic E-state index is 12.2. The summed E-state index contributed by atoms with van der Waals surface area (Å²) in [5, 5.41) is 12.9. The lowest BCUT2D eigenvalue weighted by atomic mass is 10.3. The summed E-state index contributed by atoms with van der Waals surface area (Å²) in [5.41, 5.74) is 1.75. The number of para-hydroxylation sites is 1. The first kappa shape index (κ1) is 17.1. The number of anilines is 1. The van der Waals surface area contributed by atoms with Gasteiger partial charge < -0.3 is 5.32 Å². The zero-order chi connectivity index (χ0) is 17.9. The van der Waals surface area contributed by atoms with E-state index in [2.05, 4.69) is 20.1 Å². The molecule has 0 saturated heterocycles. The van der Waals surface area contributed by atoms with Gasteiger partial charge in [0.15, 0.2) is 5.16 Å². The maximum Gasteiger partial charge on any atom is 0.234 e. The van der Waals surface area contributed by atoms with Gasteiger partial charge in [0.05, 0.1) is 5.75 Å². The van der Waals surface area contributed by atoms with Gasteiger partial charge in [-0.05, 0) is 49.2 Å². The Balaban J connectivity index is 1.48. The number of amides is 1. The molecule has 1 amide bonds. The molecular weight excluding hydrogens is 368 g/mol. The van der Waals surface area contributed by atoms with Crippen LogP contribution >= 0.6 is 23.4 Å². The highest BCUT2D eigenvalue weighted by atomic mass is 35.5. The first-order chi connectivity index (χ1) is 12.7. The zero-order valence-corrected chi connectivity index (χ0v) is 15.5. The van der Waals surface area contributed by atoms with Crippen molar-refractivity contribution in [3.05, 3.63) is 65.4 Å². The van der Waals surface area contributed by atoms with Crippen LogP contribution < -0.4 is 5.32 Å². The van der Waals surface area contributed by atoms with Crippen molar-refractivity contribution in [1.29, 1.82) is 0 Å². The van der Waals surface area contributed by atoms with Crippen molar-refractivity contribution in [2.75, 3.05) is 11.1 Å². The van der Waals surface area contributed by atoms with E-state index in [0.29, 0.717) is 10.9 Å². The molecule has 1 aliphatic rings. The predicted molar refractivity (Wildman–Crippen MR) is 104 cm³/mol. The number of thioether (sulfide) groups is 1. The lowest BCUT2D eigenvalue weighted by Crippen LogP contribution is -2.14. The van der Waals surface area contributed by atoms with E-state index < -0.39 is 0 Å². The lowest BCUT2D eigenvalue weighted by Gasteiger charge is -2.10. The van der Waals surface area contributed by atoms with Gasteiger partial charge in [0.25, 0.3) is 0 Å². The molecule has 0 spiro atoms. The highest BCUT2D eigenvalue weighted by Crippen LogP contribution is 2.41. The molecule has 0 bridgehead atoms. The maximum absolute atomic E-state index is 12.2. The van der Waals surface area contributed by atoms with E-state index in [1.165, 1.54) is 11.8 Å². The summed E-state index contributed by atoms with van der Waals surface area (Å²) < 4.78 is 2.07. The second kappa shape index (κ2) is 7.51. The Morgan fingerprint density at radius 1 is 1.12 bits per heavy atom. The van der Waals surface area contributed by atoms with Crippen molar-refractivity contribution >= 4 is 35.0 Å². The van der Waals surface area contributed by atoms with Gasteiger partial charge in [-0.3, -0.25) is 9.36 Å². The van der Waals surface area contributed by atoms with E-state index in [4.69, 9.17) is 11.6 Å². The van der Waals surface area contributed by atoms with Crippen molar-refractivity contribution in [2.24, 2.45) is 0 Å². The third-order valence-corrected chi connectivity index (χ3v) is 5.26. The minimum absolute atomic E-state index is 0.0899. The van der Waals surface area contributed by atoms with Crippen LogP contribution in [0.5, 0.6) is 0 Å². The minimum Gasteiger partial charge on any atom is -0.325 e. The Kier molecular flexibility index (Phi) is 4.95. The number of aromatic nitrogens is 3. The summed E-state index contributed by atoms with van der Waals surface area (Å²) in [6, 6.07) is 17.1. The fourth-order valence-corrected chi connectivity index (χ4v) is 3.55. The molecule has 0 aliphatic heterocycles. The van der Waals surface area contributed by atoms with Crippen LogP contribution in [0.1, 0.15) is 24.6 Å². The Bertz CT molecular complexity index is 907. The van der Waals surface area contributed by atoms with Gasteiger partial charge in [-0.2, -0.15) is 0 Å². The molecule has 1 saturated carbocycles. The van der Waals surface area contributed by atoms with Crippen molar-refractivity contribution in [2.45, 2.75) is 23.9 Å². The van der Waals surface area contributed by atoms with Crippen LogP contribution in [0, 0.1) is 0 Å². The van der Waals surface area contributed by atoms with Crippen LogP contribution in [0.25, 0.3) is 5.69 Å². The number of rotatable bonds is 6. The number of benzene rings is 2. The lowest BCUT2D eigenvalue weighted by molar-refractivity contribution is -0.113. The molecule has 1 fully saturated rings. The third kappa shape index (κ3) is 3.92. The summed E-state index contributed by atoms with van der Waals surface area (Å²) in [7, 11) is 0. The van der Waals surface area contributed by atoms with E-state index in [1.54, 1.807) is 24.3 Å². The summed E-state index contributed by atoms with van der Waals surface area (Å²) in [6.45, 7) is 0. The predicted octanol–water partition coefficient (Wildman–Crippen LogP) is 4.53. The van der Waals surface area contributed by atoms with Crippen LogP contribution in [0.4, 0.5) is 5.69 Å². The molecule has 0 atom stereocenters. The van der Waals surface area contributed by atoms with Gasteiger partial charge >= 0.3 is 0 Å². The van der Waals surface area contributed by atoms with Crippen LogP contribution in [0.3, 0.4) is 0 Å². The normalized spacial score (nSPS) is 13.6. The largest absolute Gasteiger partial charge is 0.325 e. The van der Waals surface area contributed by atoms with Crippen LogP contribution in [-0.2, 0) is 4.79 Å². The average Bonchev–Trinajstić information content (AvgIpc) is 3.42. The summed E-state index contributed by atoms with van der Waals surface area (Å²) in [6.07, 6.45) is 2.29. The van der Waals surface area contributed by atoms with Crippen LogP contribution in [0.15, 0.2) is 59.8 Å². The number of hydrogen-bond acceptors (Lipinski definition) is 4. The number of halogens is 1. The molecule has 2 aromatic carbocycles. The monoisotopic (exact) mass is 384 g/mol. The number of nitrogens with zero attached hydrogens (tertiary/aromatic N) is 3. The Hall–Kier alpha value is -2.31. The number of carbonyl (C=O) groups excluding carboxylic acids is 1. The molecule has 0 unspecified atom stereocenters. The Morgan fingerprint density at radius 2 is 1.85 bits per heavy atom. The number of carbonyl (C=O) groups is 1.